The number of anilines is 2. The lowest BCUT2D eigenvalue weighted by atomic mass is 10.2. The third-order valence-electron chi connectivity index (χ3n) is 3.69. The number of nitrogens with one attached hydrogen (secondary N) is 2. The Hall–Kier alpha value is -3.48. The van der Waals surface area contributed by atoms with E-state index in [9.17, 15) is 4.79 Å². The minimum absolute atomic E-state index is 0.276. The summed E-state index contributed by atoms with van der Waals surface area (Å²) in [4.78, 5) is 24.6. The molecule has 2 N–H and O–H groups in total. The minimum atomic E-state index is -0.282. The number of carbonyl (C=O) groups is 1. The fourth-order valence-corrected chi connectivity index (χ4v) is 2.38. The van der Waals surface area contributed by atoms with E-state index in [4.69, 9.17) is 4.74 Å². The Morgan fingerprint density at radius 1 is 1.19 bits per heavy atom. The number of methoxy groups -OCH3 is 1. The van der Waals surface area contributed by atoms with Gasteiger partial charge in [0.1, 0.15) is 23.6 Å². The predicted molar refractivity (Wildman–Crippen MR) is 98.5 cm³/mol. The van der Waals surface area contributed by atoms with Gasteiger partial charge >= 0.3 is 0 Å². The van der Waals surface area contributed by atoms with Gasteiger partial charge in [-0.05, 0) is 36.2 Å². The molecule has 3 aromatic rings. The van der Waals surface area contributed by atoms with Gasteiger partial charge in [0, 0.05) is 25.0 Å². The van der Waals surface area contributed by atoms with Crippen LogP contribution in [0.3, 0.4) is 0 Å². The van der Waals surface area contributed by atoms with Gasteiger partial charge in [-0.2, -0.15) is 0 Å². The van der Waals surface area contributed by atoms with Crippen molar-refractivity contribution in [1.82, 2.24) is 20.3 Å². The smallest absolute Gasteiger partial charge is 0.270 e. The zero-order valence-electron chi connectivity index (χ0n) is 14.6. The van der Waals surface area contributed by atoms with Gasteiger partial charge in [-0.25, -0.2) is 9.97 Å². The van der Waals surface area contributed by atoms with Crippen molar-refractivity contribution < 1.29 is 9.53 Å². The number of amides is 1. The van der Waals surface area contributed by atoms with Crippen LogP contribution in [0.1, 0.15) is 21.6 Å². The van der Waals surface area contributed by atoms with Crippen molar-refractivity contribution in [2.24, 2.45) is 0 Å². The van der Waals surface area contributed by atoms with Gasteiger partial charge in [-0.15, -0.1) is 0 Å². The Morgan fingerprint density at radius 2 is 2.08 bits per heavy atom. The quantitative estimate of drug-likeness (QED) is 0.711. The molecule has 26 heavy (non-hydrogen) atoms. The number of hydrogen-bond acceptors (Lipinski definition) is 6. The number of benzene rings is 1. The number of ether oxygens (including phenoxy) is 1. The summed E-state index contributed by atoms with van der Waals surface area (Å²) in [5.74, 6) is 0.919. The van der Waals surface area contributed by atoms with E-state index in [0.29, 0.717) is 18.1 Å². The van der Waals surface area contributed by atoms with Gasteiger partial charge in [0.25, 0.3) is 5.91 Å². The SMILES string of the molecule is COc1ccc(C)cc1Nc1cc(C(=O)NCc2cccnc2)ncn1. The number of aryl methyl sites for hydroxylation is 1. The van der Waals surface area contributed by atoms with Crippen LogP contribution in [0.4, 0.5) is 11.5 Å². The van der Waals surface area contributed by atoms with Crippen LogP contribution in [0.5, 0.6) is 5.75 Å². The second-order valence-electron chi connectivity index (χ2n) is 5.66. The maximum atomic E-state index is 12.3. The summed E-state index contributed by atoms with van der Waals surface area (Å²) < 4.78 is 5.35. The van der Waals surface area contributed by atoms with Gasteiger partial charge < -0.3 is 15.4 Å². The lowest BCUT2D eigenvalue weighted by molar-refractivity contribution is 0.0945. The standard InChI is InChI=1S/C19H19N5O2/c1-13-5-6-17(26-2)15(8-13)24-18-9-16(22-12-23-18)19(25)21-11-14-4-3-7-20-10-14/h3-10,12H,11H2,1-2H3,(H,21,25)(H,22,23,24). The molecule has 7 heteroatoms. The van der Waals surface area contributed by atoms with Crippen molar-refractivity contribution in [2.45, 2.75) is 13.5 Å². The van der Waals surface area contributed by atoms with Crippen LogP contribution in [-0.4, -0.2) is 28.0 Å². The van der Waals surface area contributed by atoms with Crippen molar-refractivity contribution in [3.63, 3.8) is 0 Å². The molecular weight excluding hydrogens is 330 g/mol. The van der Waals surface area contributed by atoms with Gasteiger partial charge in [-0.3, -0.25) is 9.78 Å². The molecule has 0 spiro atoms. The van der Waals surface area contributed by atoms with Crippen LogP contribution in [0.25, 0.3) is 0 Å². The molecule has 0 atom stereocenters. The summed E-state index contributed by atoms with van der Waals surface area (Å²) in [6.45, 7) is 2.37. The number of pyridine rings is 1. The predicted octanol–water partition coefficient (Wildman–Crippen LogP) is 2.86. The molecule has 0 fully saturated rings. The first-order chi connectivity index (χ1) is 12.7. The topological polar surface area (TPSA) is 89.0 Å². The van der Waals surface area contributed by atoms with E-state index in [2.05, 4.69) is 25.6 Å². The Kier molecular flexibility index (Phi) is 5.38. The molecule has 0 radical (unpaired) electrons. The molecule has 0 saturated heterocycles. The van der Waals surface area contributed by atoms with Crippen LogP contribution in [0.2, 0.25) is 0 Å². The van der Waals surface area contributed by atoms with E-state index < -0.39 is 0 Å². The summed E-state index contributed by atoms with van der Waals surface area (Å²) >= 11 is 0. The van der Waals surface area contributed by atoms with Crippen molar-refractivity contribution in [2.75, 3.05) is 12.4 Å². The first-order valence-corrected chi connectivity index (χ1v) is 8.06. The maximum absolute atomic E-state index is 12.3. The molecule has 0 aliphatic carbocycles. The number of carbonyl (C=O) groups excluding carboxylic acids is 1. The second-order valence-corrected chi connectivity index (χ2v) is 5.66. The highest BCUT2D eigenvalue weighted by Crippen LogP contribution is 2.27. The summed E-state index contributed by atoms with van der Waals surface area (Å²) in [6, 6.07) is 11.1. The molecular formula is C19H19N5O2. The average Bonchev–Trinajstić information content (AvgIpc) is 2.67. The third-order valence-corrected chi connectivity index (χ3v) is 3.69. The summed E-state index contributed by atoms with van der Waals surface area (Å²) in [5, 5.41) is 5.98. The van der Waals surface area contributed by atoms with Crippen LogP contribution < -0.4 is 15.4 Å². The summed E-state index contributed by atoms with van der Waals surface area (Å²) in [6.07, 6.45) is 4.74. The van der Waals surface area contributed by atoms with E-state index in [0.717, 1.165) is 16.8 Å². The van der Waals surface area contributed by atoms with Crippen molar-refractivity contribution in [1.29, 1.82) is 0 Å². The molecule has 2 heterocycles. The first-order valence-electron chi connectivity index (χ1n) is 8.06. The Balaban J connectivity index is 1.72. The number of hydrogen-bond donors (Lipinski definition) is 2. The van der Waals surface area contributed by atoms with Crippen LogP contribution in [0.15, 0.2) is 55.1 Å². The largest absolute Gasteiger partial charge is 0.495 e. The zero-order chi connectivity index (χ0) is 18.4. The van der Waals surface area contributed by atoms with E-state index >= 15 is 0 Å². The third kappa shape index (κ3) is 4.32. The van der Waals surface area contributed by atoms with Crippen molar-refractivity contribution >= 4 is 17.4 Å². The molecule has 0 bridgehead atoms. The second kappa shape index (κ2) is 8.06. The molecule has 132 valence electrons. The molecule has 0 saturated carbocycles. The lowest BCUT2D eigenvalue weighted by Crippen LogP contribution is -2.24. The molecule has 0 aliphatic heterocycles. The van der Waals surface area contributed by atoms with E-state index in [1.54, 1.807) is 25.6 Å². The first kappa shape index (κ1) is 17.3. The summed E-state index contributed by atoms with van der Waals surface area (Å²) in [5.41, 5.74) is 3.04. The highest BCUT2D eigenvalue weighted by Gasteiger charge is 2.10. The van der Waals surface area contributed by atoms with Gasteiger partial charge in [0.2, 0.25) is 0 Å². The van der Waals surface area contributed by atoms with Gasteiger partial charge in [0.15, 0.2) is 0 Å². The molecule has 0 unspecified atom stereocenters. The fourth-order valence-electron chi connectivity index (χ4n) is 2.38. The maximum Gasteiger partial charge on any atom is 0.270 e. The zero-order valence-corrected chi connectivity index (χ0v) is 14.6. The average molecular weight is 349 g/mol. The Morgan fingerprint density at radius 3 is 2.85 bits per heavy atom. The minimum Gasteiger partial charge on any atom is -0.495 e. The highest BCUT2D eigenvalue weighted by molar-refractivity contribution is 5.93. The van der Waals surface area contributed by atoms with Gasteiger partial charge in [0.05, 0.1) is 12.8 Å². The van der Waals surface area contributed by atoms with E-state index in [-0.39, 0.29) is 11.6 Å². The van der Waals surface area contributed by atoms with Crippen LogP contribution in [-0.2, 0) is 6.54 Å². The Bertz CT molecular complexity index is 899. The Labute approximate surface area is 151 Å². The molecule has 1 amide bonds. The van der Waals surface area contributed by atoms with Crippen molar-refractivity contribution in [3.05, 3.63) is 71.9 Å². The van der Waals surface area contributed by atoms with Gasteiger partial charge in [-0.1, -0.05) is 12.1 Å². The number of nitrogens with zero attached hydrogens (tertiary/aromatic N) is 3. The monoisotopic (exact) mass is 349 g/mol. The lowest BCUT2D eigenvalue weighted by Gasteiger charge is -2.12. The summed E-state index contributed by atoms with van der Waals surface area (Å²) in [7, 11) is 1.60. The van der Waals surface area contributed by atoms with Crippen molar-refractivity contribution in [3.8, 4) is 5.75 Å². The highest BCUT2D eigenvalue weighted by atomic mass is 16.5. The number of rotatable bonds is 6. The molecule has 3 rings (SSSR count). The molecule has 0 aliphatic rings. The molecule has 1 aromatic carbocycles. The van der Waals surface area contributed by atoms with Crippen LogP contribution >= 0.6 is 0 Å². The van der Waals surface area contributed by atoms with E-state index in [1.807, 2.05) is 37.3 Å². The fraction of sp³-hybridized carbons (Fsp3) is 0.158. The molecule has 2 aromatic heterocycles. The molecule has 7 nitrogen and oxygen atoms in total. The normalized spacial score (nSPS) is 10.2. The van der Waals surface area contributed by atoms with E-state index in [1.165, 1.54) is 6.33 Å². The number of aromatic nitrogens is 3. The van der Waals surface area contributed by atoms with Crippen LogP contribution in [0, 0.1) is 6.92 Å².